The minimum absolute atomic E-state index is 0.0137. The first-order valence-electron chi connectivity index (χ1n) is 14.2. The molecule has 0 heterocycles. The molecule has 0 aliphatic rings. The van der Waals surface area contributed by atoms with E-state index in [9.17, 15) is 9.59 Å². The SMILES string of the molecule is CCO[Si](CCCNC(CC(=O)O[Si](CC)(CC)CC)C(=O)O[Si](CC)(CC)CC)(OCC)OCC. The average molecular weight is 566 g/mol. The summed E-state index contributed by atoms with van der Waals surface area (Å²) in [4.78, 5) is 26.3. The van der Waals surface area contributed by atoms with Gasteiger partial charge in [-0.3, -0.25) is 9.59 Å². The summed E-state index contributed by atoms with van der Waals surface area (Å²) in [7, 11) is -7.03. The quantitative estimate of drug-likeness (QED) is 0.129. The van der Waals surface area contributed by atoms with Crippen LogP contribution in [0.2, 0.25) is 42.3 Å². The third kappa shape index (κ3) is 11.4. The van der Waals surface area contributed by atoms with Crippen LogP contribution in [0.5, 0.6) is 0 Å². The fourth-order valence-corrected chi connectivity index (χ4v) is 12.1. The van der Waals surface area contributed by atoms with E-state index in [2.05, 4.69) is 46.9 Å². The Morgan fingerprint density at radius 1 is 0.667 bits per heavy atom. The van der Waals surface area contributed by atoms with E-state index in [1.807, 2.05) is 20.8 Å². The molecule has 0 aromatic carbocycles. The summed E-state index contributed by atoms with van der Waals surface area (Å²) in [5.41, 5.74) is 0. The average Bonchev–Trinajstić information content (AvgIpc) is 2.88. The maximum atomic E-state index is 13.3. The van der Waals surface area contributed by atoms with Gasteiger partial charge >= 0.3 is 14.8 Å². The van der Waals surface area contributed by atoms with Crippen molar-refractivity contribution in [3.8, 4) is 0 Å². The molecule has 0 aliphatic heterocycles. The Labute approximate surface area is 224 Å². The molecule has 1 unspecified atom stereocenters. The van der Waals surface area contributed by atoms with Crippen molar-refractivity contribution in [3.05, 3.63) is 0 Å². The van der Waals surface area contributed by atoms with Gasteiger partial charge in [0.05, 0.1) is 6.42 Å². The largest absolute Gasteiger partial charge is 0.519 e. The second-order valence-corrected chi connectivity index (χ2v) is 21.3. The molecule has 1 atom stereocenters. The van der Waals surface area contributed by atoms with Crippen LogP contribution >= 0.6 is 0 Å². The van der Waals surface area contributed by atoms with Crippen molar-refractivity contribution in [3.63, 3.8) is 0 Å². The zero-order chi connectivity index (χ0) is 27.7. The predicted octanol–water partition coefficient (Wildman–Crippen LogP) is 5.87. The summed E-state index contributed by atoms with van der Waals surface area (Å²) in [6.45, 7) is 20.4. The van der Waals surface area contributed by atoms with Crippen molar-refractivity contribution in [2.24, 2.45) is 0 Å². The second kappa shape index (κ2) is 18.6. The molecule has 0 aromatic heterocycles. The summed E-state index contributed by atoms with van der Waals surface area (Å²) in [5, 5.41) is 3.30. The lowest BCUT2D eigenvalue weighted by atomic mass is 10.2. The van der Waals surface area contributed by atoms with Gasteiger partial charge in [0.2, 0.25) is 0 Å². The van der Waals surface area contributed by atoms with E-state index in [4.69, 9.17) is 22.1 Å². The van der Waals surface area contributed by atoms with Crippen LogP contribution in [0.3, 0.4) is 0 Å². The highest BCUT2D eigenvalue weighted by Crippen LogP contribution is 2.25. The van der Waals surface area contributed by atoms with Gasteiger partial charge in [0.1, 0.15) is 6.04 Å². The zero-order valence-corrected chi connectivity index (χ0v) is 27.6. The molecule has 36 heavy (non-hydrogen) atoms. The molecule has 0 aliphatic carbocycles. The summed E-state index contributed by atoms with van der Waals surface area (Å²) >= 11 is 0. The fourth-order valence-electron chi connectivity index (χ4n) is 4.49. The van der Waals surface area contributed by atoms with Gasteiger partial charge in [-0.1, -0.05) is 41.5 Å². The normalized spacial score (nSPS) is 13.5. The predicted molar refractivity (Wildman–Crippen MR) is 153 cm³/mol. The summed E-state index contributed by atoms with van der Waals surface area (Å²) in [6.07, 6.45) is 0.681. The highest BCUT2D eigenvalue weighted by molar-refractivity contribution is 6.75. The first-order chi connectivity index (χ1) is 17.1. The van der Waals surface area contributed by atoms with Crippen molar-refractivity contribution < 1.29 is 31.7 Å². The minimum atomic E-state index is -2.76. The van der Waals surface area contributed by atoms with Crippen LogP contribution in [0, 0.1) is 0 Å². The number of carbonyl (C=O) groups is 2. The topological polar surface area (TPSA) is 92.3 Å². The lowest BCUT2D eigenvalue weighted by Gasteiger charge is -2.32. The molecule has 0 fully saturated rings. The van der Waals surface area contributed by atoms with Crippen molar-refractivity contribution in [1.82, 2.24) is 5.32 Å². The molecule has 214 valence electrons. The van der Waals surface area contributed by atoms with Gasteiger partial charge in [-0.25, -0.2) is 0 Å². The molecule has 0 spiro atoms. The van der Waals surface area contributed by atoms with E-state index in [1.165, 1.54) is 0 Å². The Bertz CT molecular complexity index is 583. The molecule has 1 N–H and O–H groups in total. The first kappa shape index (κ1) is 35.4. The van der Waals surface area contributed by atoms with Crippen LogP contribution in [0.4, 0.5) is 0 Å². The monoisotopic (exact) mass is 565 g/mol. The van der Waals surface area contributed by atoms with Crippen molar-refractivity contribution in [1.29, 1.82) is 0 Å². The summed E-state index contributed by atoms with van der Waals surface area (Å²) in [5.74, 6) is -0.635. The number of nitrogens with one attached hydrogen (secondary N) is 1. The molecular weight excluding hydrogens is 511 g/mol. The molecule has 0 rings (SSSR count). The highest BCUT2D eigenvalue weighted by atomic mass is 28.4. The Morgan fingerprint density at radius 3 is 1.47 bits per heavy atom. The molecule has 0 bridgehead atoms. The van der Waals surface area contributed by atoms with Crippen molar-refractivity contribution in [2.45, 2.75) is 124 Å². The minimum Gasteiger partial charge on any atom is -0.519 e. The van der Waals surface area contributed by atoms with Gasteiger partial charge < -0.3 is 27.4 Å². The van der Waals surface area contributed by atoms with Gasteiger partial charge in [0.25, 0.3) is 22.6 Å². The number of hydrogen-bond acceptors (Lipinski definition) is 8. The molecule has 0 saturated carbocycles. The maximum absolute atomic E-state index is 13.3. The zero-order valence-electron chi connectivity index (χ0n) is 24.6. The standard InChI is InChI=1S/C25H55NO7Si3/c1-10-29-36(30-11-2,31-12-3)21-19-20-26-23(25(28)33-35(16-7,17-8)18-9)22-24(27)32-34(13-4,14-5)15-6/h23,26H,10-22H2,1-9H3. The molecule has 0 aromatic rings. The molecule has 0 radical (unpaired) electrons. The first-order valence-corrected chi connectivity index (χ1v) is 21.2. The van der Waals surface area contributed by atoms with Gasteiger partial charge in [-0.15, -0.1) is 0 Å². The van der Waals surface area contributed by atoms with E-state index < -0.39 is 31.5 Å². The maximum Gasteiger partial charge on any atom is 0.500 e. The lowest BCUT2D eigenvalue weighted by Crippen LogP contribution is -2.49. The number of rotatable bonds is 22. The smallest absolute Gasteiger partial charge is 0.500 e. The van der Waals surface area contributed by atoms with Gasteiger partial charge in [-0.05, 0) is 70.0 Å². The van der Waals surface area contributed by atoms with E-state index in [0.717, 1.165) is 36.3 Å². The molecular formula is C25H55NO7Si3. The van der Waals surface area contributed by atoms with Crippen molar-refractivity contribution >= 4 is 37.4 Å². The Morgan fingerprint density at radius 2 is 1.08 bits per heavy atom. The van der Waals surface area contributed by atoms with Gasteiger partial charge in [-0.2, -0.15) is 0 Å². The Kier molecular flexibility index (Phi) is 18.3. The van der Waals surface area contributed by atoms with Gasteiger partial charge in [0, 0.05) is 25.9 Å². The van der Waals surface area contributed by atoms with Crippen LogP contribution in [0.15, 0.2) is 0 Å². The van der Waals surface area contributed by atoms with Crippen LogP contribution in [0.25, 0.3) is 0 Å². The number of hydrogen-bond donors (Lipinski definition) is 1. The van der Waals surface area contributed by atoms with E-state index in [1.54, 1.807) is 0 Å². The van der Waals surface area contributed by atoms with Gasteiger partial charge in [0.15, 0.2) is 0 Å². The Balaban J connectivity index is 5.51. The third-order valence-electron chi connectivity index (χ3n) is 7.31. The molecule has 0 amide bonds. The number of carbonyl (C=O) groups excluding carboxylic acids is 2. The van der Waals surface area contributed by atoms with Crippen LogP contribution < -0.4 is 5.32 Å². The van der Waals surface area contributed by atoms with Crippen LogP contribution in [-0.4, -0.2) is 69.8 Å². The highest BCUT2D eigenvalue weighted by Gasteiger charge is 2.41. The van der Waals surface area contributed by atoms with Crippen LogP contribution in [-0.2, 0) is 31.7 Å². The van der Waals surface area contributed by atoms with Crippen molar-refractivity contribution in [2.75, 3.05) is 26.4 Å². The molecule has 0 saturated heterocycles. The molecule has 11 heteroatoms. The summed E-state index contributed by atoms with van der Waals surface area (Å²) < 4.78 is 30.0. The summed E-state index contributed by atoms with van der Waals surface area (Å²) in [6, 6.07) is 5.15. The second-order valence-electron chi connectivity index (χ2n) is 9.18. The lowest BCUT2D eigenvalue weighted by molar-refractivity contribution is -0.144. The third-order valence-corrected chi connectivity index (χ3v) is 19.5. The van der Waals surface area contributed by atoms with Crippen LogP contribution in [0.1, 0.15) is 75.2 Å². The van der Waals surface area contributed by atoms with E-state index in [-0.39, 0.29) is 18.4 Å². The Hall–Kier alpha value is -0.569. The van der Waals surface area contributed by atoms with E-state index >= 15 is 0 Å². The molecule has 8 nitrogen and oxygen atoms in total. The van der Waals surface area contributed by atoms with E-state index in [0.29, 0.717) is 38.8 Å². The fraction of sp³-hybridized carbons (Fsp3) is 0.920.